The number of allylic oxidation sites excluding steroid dienone is 1. The van der Waals surface area contributed by atoms with Crippen LogP contribution in [-0.2, 0) is 0 Å². The molecule has 0 aliphatic rings. The lowest BCUT2D eigenvalue weighted by Gasteiger charge is -2.19. The van der Waals surface area contributed by atoms with Crippen molar-refractivity contribution in [2.45, 2.75) is 20.3 Å². The van der Waals surface area contributed by atoms with Gasteiger partial charge in [0.2, 0.25) is 0 Å². The van der Waals surface area contributed by atoms with Gasteiger partial charge in [-0.25, -0.2) is 4.79 Å². The van der Waals surface area contributed by atoms with Gasteiger partial charge in [-0.2, -0.15) is 0 Å². The summed E-state index contributed by atoms with van der Waals surface area (Å²) in [5.41, 5.74) is 3.56. The van der Waals surface area contributed by atoms with E-state index in [-0.39, 0.29) is 17.1 Å². The third-order valence-electron chi connectivity index (χ3n) is 5.14. The van der Waals surface area contributed by atoms with Gasteiger partial charge in [-0.3, -0.25) is 0 Å². The number of phenols is 1. The molecule has 0 amide bonds. The molecule has 0 atom stereocenters. The van der Waals surface area contributed by atoms with Gasteiger partial charge in [-0.1, -0.05) is 35.9 Å². The lowest BCUT2D eigenvalue weighted by Crippen LogP contribution is -2.07. The number of benzene rings is 3. The Morgan fingerprint density at radius 1 is 0.939 bits per heavy atom. The molecule has 172 valence electrons. The maximum Gasteiger partial charge on any atom is 0.340 e. The molecule has 0 unspecified atom stereocenters. The van der Waals surface area contributed by atoms with Gasteiger partial charge < -0.3 is 24.4 Å². The van der Waals surface area contributed by atoms with Gasteiger partial charge in [0.05, 0.1) is 20.8 Å². The lowest BCUT2D eigenvalue weighted by atomic mass is 9.92. The summed E-state index contributed by atoms with van der Waals surface area (Å²) < 4.78 is 16.9. The third-order valence-corrected chi connectivity index (χ3v) is 5.14. The highest BCUT2D eigenvalue weighted by Gasteiger charge is 2.26. The van der Waals surface area contributed by atoms with E-state index in [9.17, 15) is 15.0 Å². The van der Waals surface area contributed by atoms with Gasteiger partial charge in [0, 0.05) is 11.1 Å². The number of methoxy groups -OCH3 is 2. The number of rotatable bonds is 9. The Balaban J connectivity index is 2.07. The summed E-state index contributed by atoms with van der Waals surface area (Å²) in [6.45, 7) is 4.65. The van der Waals surface area contributed by atoms with Crippen LogP contribution in [0.15, 0.2) is 66.2 Å². The minimum atomic E-state index is -1.14. The van der Waals surface area contributed by atoms with Crippen molar-refractivity contribution < 1.29 is 29.2 Å². The molecule has 0 aliphatic carbocycles. The molecule has 3 rings (SSSR count). The SMILES string of the molecule is COc1cc(-c2ccc(O)cc2)c(OC)c(C(=O)O)c1-c1ccc(OCCC=C(C)C)cc1. The van der Waals surface area contributed by atoms with Gasteiger partial charge in [-0.05, 0) is 61.7 Å². The number of carbonyl (C=O) groups is 1. The second-order valence-corrected chi connectivity index (χ2v) is 7.70. The molecular formula is C27H28O6. The minimum Gasteiger partial charge on any atom is -0.508 e. The summed E-state index contributed by atoms with van der Waals surface area (Å²) in [7, 11) is 2.93. The van der Waals surface area contributed by atoms with E-state index in [1.165, 1.54) is 31.9 Å². The average molecular weight is 449 g/mol. The molecule has 0 aliphatic heterocycles. The van der Waals surface area contributed by atoms with E-state index in [2.05, 4.69) is 6.08 Å². The quantitative estimate of drug-likeness (QED) is 0.300. The molecule has 0 saturated carbocycles. The normalized spacial score (nSPS) is 10.4. The lowest BCUT2D eigenvalue weighted by molar-refractivity contribution is 0.0694. The Kier molecular flexibility index (Phi) is 7.61. The van der Waals surface area contributed by atoms with E-state index in [4.69, 9.17) is 14.2 Å². The summed E-state index contributed by atoms with van der Waals surface area (Å²) in [6.07, 6.45) is 2.93. The third kappa shape index (κ3) is 5.47. The van der Waals surface area contributed by atoms with Gasteiger partial charge in [0.15, 0.2) is 0 Å². The molecule has 0 heterocycles. The summed E-state index contributed by atoms with van der Waals surface area (Å²) >= 11 is 0. The van der Waals surface area contributed by atoms with E-state index < -0.39 is 5.97 Å². The van der Waals surface area contributed by atoms with Crippen molar-refractivity contribution in [3.05, 3.63) is 71.8 Å². The molecule has 6 nitrogen and oxygen atoms in total. The van der Waals surface area contributed by atoms with Crippen LogP contribution >= 0.6 is 0 Å². The molecular weight excluding hydrogens is 420 g/mol. The van der Waals surface area contributed by atoms with Crippen LogP contribution in [0.4, 0.5) is 0 Å². The average Bonchev–Trinajstić information content (AvgIpc) is 2.81. The highest BCUT2D eigenvalue weighted by atomic mass is 16.5. The number of carboxylic acids is 1. The number of hydrogen-bond donors (Lipinski definition) is 2. The number of carboxylic acid groups (broad SMARTS) is 1. The van der Waals surface area contributed by atoms with Crippen LogP contribution in [0.25, 0.3) is 22.3 Å². The summed E-state index contributed by atoms with van der Waals surface area (Å²) in [5, 5.41) is 19.7. The first-order valence-corrected chi connectivity index (χ1v) is 10.5. The van der Waals surface area contributed by atoms with Crippen molar-refractivity contribution in [1.29, 1.82) is 0 Å². The number of aromatic hydroxyl groups is 1. The van der Waals surface area contributed by atoms with Gasteiger partial charge in [0.25, 0.3) is 0 Å². The maximum absolute atomic E-state index is 12.4. The van der Waals surface area contributed by atoms with Crippen LogP contribution in [0.5, 0.6) is 23.0 Å². The topological polar surface area (TPSA) is 85.2 Å². The molecule has 0 saturated heterocycles. The van der Waals surface area contributed by atoms with E-state index in [0.717, 1.165) is 6.42 Å². The van der Waals surface area contributed by atoms with Crippen LogP contribution in [0, 0.1) is 0 Å². The maximum atomic E-state index is 12.4. The van der Waals surface area contributed by atoms with Crippen molar-refractivity contribution in [1.82, 2.24) is 0 Å². The molecule has 0 aromatic heterocycles. The summed E-state index contributed by atoms with van der Waals surface area (Å²) in [5.74, 6) is 0.287. The molecule has 0 fully saturated rings. The Morgan fingerprint density at radius 2 is 1.58 bits per heavy atom. The van der Waals surface area contributed by atoms with E-state index in [1.54, 1.807) is 30.3 Å². The van der Waals surface area contributed by atoms with Crippen LogP contribution in [-0.4, -0.2) is 37.0 Å². The predicted molar refractivity (Wildman–Crippen MR) is 129 cm³/mol. The van der Waals surface area contributed by atoms with E-state index in [1.807, 2.05) is 26.0 Å². The van der Waals surface area contributed by atoms with Gasteiger partial charge in [0.1, 0.15) is 28.6 Å². The van der Waals surface area contributed by atoms with E-state index >= 15 is 0 Å². The fourth-order valence-electron chi connectivity index (χ4n) is 3.60. The number of hydrogen-bond acceptors (Lipinski definition) is 5. The zero-order valence-corrected chi connectivity index (χ0v) is 19.2. The second kappa shape index (κ2) is 10.6. The minimum absolute atomic E-state index is 0.00264. The molecule has 33 heavy (non-hydrogen) atoms. The number of ether oxygens (including phenoxy) is 3. The predicted octanol–water partition coefficient (Wildman–Crippen LogP) is 6.18. The highest BCUT2D eigenvalue weighted by Crippen LogP contribution is 2.45. The molecule has 3 aromatic rings. The first-order valence-electron chi connectivity index (χ1n) is 10.5. The standard InChI is InChI=1S/C27H28O6/c1-17(2)6-5-15-33-21-13-9-19(10-14-21)24-23(31-3)16-22(18-7-11-20(28)12-8-18)26(32-4)25(24)27(29)30/h6-14,16,28H,5,15H2,1-4H3,(H,29,30). The Bertz CT molecular complexity index is 1140. The molecule has 3 aromatic carbocycles. The second-order valence-electron chi connectivity index (χ2n) is 7.70. The van der Waals surface area contributed by atoms with Crippen molar-refractivity contribution in [3.63, 3.8) is 0 Å². The molecule has 0 bridgehead atoms. The molecule has 0 radical (unpaired) electrons. The van der Waals surface area contributed by atoms with Gasteiger partial charge >= 0.3 is 5.97 Å². The highest BCUT2D eigenvalue weighted by molar-refractivity contribution is 6.04. The fourth-order valence-corrected chi connectivity index (χ4v) is 3.60. The smallest absolute Gasteiger partial charge is 0.340 e. The largest absolute Gasteiger partial charge is 0.508 e. The monoisotopic (exact) mass is 448 g/mol. The number of aromatic carboxylic acids is 1. The van der Waals surface area contributed by atoms with Crippen molar-refractivity contribution >= 4 is 5.97 Å². The van der Waals surface area contributed by atoms with Crippen molar-refractivity contribution in [3.8, 4) is 45.3 Å². The van der Waals surface area contributed by atoms with Crippen LogP contribution in [0.3, 0.4) is 0 Å². The zero-order chi connectivity index (χ0) is 24.0. The first kappa shape index (κ1) is 23.7. The van der Waals surface area contributed by atoms with E-state index in [0.29, 0.717) is 40.4 Å². The Morgan fingerprint density at radius 3 is 2.12 bits per heavy atom. The fraction of sp³-hybridized carbons (Fsp3) is 0.222. The summed E-state index contributed by atoms with van der Waals surface area (Å²) in [4.78, 5) is 12.4. The van der Waals surface area contributed by atoms with Crippen LogP contribution < -0.4 is 14.2 Å². The van der Waals surface area contributed by atoms with Gasteiger partial charge in [-0.15, -0.1) is 0 Å². The molecule has 6 heteroatoms. The Hall–Kier alpha value is -3.93. The first-order chi connectivity index (χ1) is 15.8. The van der Waals surface area contributed by atoms with Crippen molar-refractivity contribution in [2.75, 3.05) is 20.8 Å². The van der Waals surface area contributed by atoms with Crippen molar-refractivity contribution in [2.24, 2.45) is 0 Å². The molecule has 0 spiro atoms. The summed E-state index contributed by atoms with van der Waals surface area (Å²) in [6, 6.07) is 15.4. The van der Waals surface area contributed by atoms with Crippen LogP contribution in [0.1, 0.15) is 30.6 Å². The number of phenolic OH excluding ortho intramolecular Hbond substituents is 1. The van der Waals surface area contributed by atoms with Crippen LogP contribution in [0.2, 0.25) is 0 Å². The molecule has 2 N–H and O–H groups in total. The zero-order valence-electron chi connectivity index (χ0n) is 19.2. The Labute approximate surface area is 193 Å².